The largest absolute Gasteiger partial charge is 0.341 e. The van der Waals surface area contributed by atoms with Gasteiger partial charge in [-0.25, -0.2) is 4.39 Å². The van der Waals surface area contributed by atoms with Gasteiger partial charge in [-0.2, -0.15) is 0 Å². The molecule has 0 spiro atoms. The fourth-order valence-corrected chi connectivity index (χ4v) is 2.49. The molecule has 2 nitrogen and oxygen atoms in total. The summed E-state index contributed by atoms with van der Waals surface area (Å²) in [6, 6.07) is 13.5. The average molecular weight is 286 g/mol. The predicted octanol–water partition coefficient (Wildman–Crippen LogP) is 4.57. The summed E-state index contributed by atoms with van der Waals surface area (Å²) in [5.74, 6) is -0.198. The van der Waals surface area contributed by atoms with E-state index < -0.39 is 0 Å². The molecule has 0 saturated carbocycles. The zero-order valence-electron chi connectivity index (χ0n) is 13.2. The van der Waals surface area contributed by atoms with Gasteiger partial charge in [-0.15, -0.1) is 0 Å². The second-order valence-electron chi connectivity index (χ2n) is 5.29. The molecule has 0 aliphatic rings. The quantitative estimate of drug-likeness (QED) is 0.866. The van der Waals surface area contributed by atoms with Crippen LogP contribution in [0.1, 0.15) is 31.0 Å². The first kappa shape index (κ1) is 15.5. The van der Waals surface area contributed by atoms with Gasteiger partial charge in [-0.05, 0) is 63.7 Å². The summed E-state index contributed by atoms with van der Waals surface area (Å²) in [7, 11) is 1.89. The molecule has 0 aliphatic carbocycles. The highest BCUT2D eigenvalue weighted by atomic mass is 19.1. The highest BCUT2D eigenvalue weighted by Crippen LogP contribution is 2.32. The van der Waals surface area contributed by atoms with Crippen molar-refractivity contribution < 1.29 is 4.39 Å². The van der Waals surface area contributed by atoms with Gasteiger partial charge in [0.2, 0.25) is 0 Å². The molecular formula is C18H23FN2. The fraction of sp³-hybridized carbons (Fsp3) is 0.333. The van der Waals surface area contributed by atoms with Gasteiger partial charge in [0.15, 0.2) is 0 Å². The molecule has 21 heavy (non-hydrogen) atoms. The van der Waals surface area contributed by atoms with E-state index in [1.165, 1.54) is 11.6 Å². The number of halogens is 1. The van der Waals surface area contributed by atoms with Crippen molar-refractivity contribution in [2.75, 3.05) is 18.5 Å². The van der Waals surface area contributed by atoms with Gasteiger partial charge in [0.05, 0.1) is 0 Å². The van der Waals surface area contributed by atoms with Gasteiger partial charge >= 0.3 is 0 Å². The van der Waals surface area contributed by atoms with Crippen molar-refractivity contribution in [3.05, 3.63) is 59.4 Å². The second kappa shape index (κ2) is 6.72. The third-order valence-electron chi connectivity index (χ3n) is 3.84. The van der Waals surface area contributed by atoms with Crippen LogP contribution in [-0.4, -0.2) is 13.6 Å². The third kappa shape index (κ3) is 3.42. The Morgan fingerprint density at radius 1 is 1.14 bits per heavy atom. The monoisotopic (exact) mass is 286 g/mol. The number of aryl methyl sites for hydroxylation is 1. The van der Waals surface area contributed by atoms with E-state index in [0.717, 1.165) is 23.5 Å². The Labute approximate surface area is 126 Å². The number of nitrogens with one attached hydrogen (secondary N) is 1. The van der Waals surface area contributed by atoms with Crippen molar-refractivity contribution in [1.29, 1.82) is 0 Å². The molecule has 0 bridgehead atoms. The zero-order chi connectivity index (χ0) is 15.4. The Balaban J connectivity index is 2.49. The Hall–Kier alpha value is -1.87. The minimum absolute atomic E-state index is 0.0928. The molecule has 0 fully saturated rings. The molecule has 3 heteroatoms. The van der Waals surface area contributed by atoms with Crippen LogP contribution in [0.15, 0.2) is 42.5 Å². The van der Waals surface area contributed by atoms with Gasteiger partial charge < -0.3 is 10.2 Å². The van der Waals surface area contributed by atoms with Crippen molar-refractivity contribution >= 4 is 11.4 Å². The summed E-state index contributed by atoms with van der Waals surface area (Å²) in [5, 5.41) is 3.20. The first-order chi connectivity index (χ1) is 10.1. The van der Waals surface area contributed by atoms with E-state index in [9.17, 15) is 4.39 Å². The van der Waals surface area contributed by atoms with E-state index >= 15 is 0 Å². The topological polar surface area (TPSA) is 15.3 Å². The van der Waals surface area contributed by atoms with Crippen LogP contribution in [0.2, 0.25) is 0 Å². The minimum Gasteiger partial charge on any atom is -0.341 e. The lowest BCUT2D eigenvalue weighted by Crippen LogP contribution is -2.21. The molecule has 0 aliphatic heterocycles. The predicted molar refractivity (Wildman–Crippen MR) is 87.7 cm³/mol. The number of hydrogen-bond donors (Lipinski definition) is 1. The summed E-state index contributed by atoms with van der Waals surface area (Å²) in [6.07, 6.45) is 0. The Morgan fingerprint density at radius 3 is 2.38 bits per heavy atom. The van der Waals surface area contributed by atoms with Crippen LogP contribution < -0.4 is 10.2 Å². The van der Waals surface area contributed by atoms with Gasteiger partial charge in [0.25, 0.3) is 0 Å². The lowest BCUT2D eigenvalue weighted by molar-refractivity contribution is 0.608. The highest BCUT2D eigenvalue weighted by molar-refractivity contribution is 5.67. The van der Waals surface area contributed by atoms with Gasteiger partial charge in [0.1, 0.15) is 5.82 Å². The van der Waals surface area contributed by atoms with Crippen LogP contribution in [0.3, 0.4) is 0 Å². The minimum atomic E-state index is -0.198. The van der Waals surface area contributed by atoms with Gasteiger partial charge in [-0.1, -0.05) is 17.7 Å². The van der Waals surface area contributed by atoms with Crippen LogP contribution in [0.4, 0.5) is 15.8 Å². The number of nitrogens with zero attached hydrogens (tertiary/aromatic N) is 1. The van der Waals surface area contributed by atoms with Crippen molar-refractivity contribution in [3.8, 4) is 0 Å². The molecule has 0 heterocycles. The number of rotatable bonds is 5. The lowest BCUT2D eigenvalue weighted by atomic mass is 10.0. The number of benzene rings is 2. The summed E-state index contributed by atoms with van der Waals surface area (Å²) < 4.78 is 13.6. The molecule has 1 unspecified atom stereocenters. The smallest absolute Gasteiger partial charge is 0.123 e. The molecule has 2 aromatic carbocycles. The summed E-state index contributed by atoms with van der Waals surface area (Å²) in [5.41, 5.74) is 4.38. The van der Waals surface area contributed by atoms with E-state index in [1.54, 1.807) is 6.07 Å². The molecule has 1 atom stereocenters. The Morgan fingerprint density at radius 2 is 1.81 bits per heavy atom. The normalized spacial score (nSPS) is 12.2. The van der Waals surface area contributed by atoms with E-state index in [-0.39, 0.29) is 11.9 Å². The lowest BCUT2D eigenvalue weighted by Gasteiger charge is -2.28. The molecule has 0 aromatic heterocycles. The van der Waals surface area contributed by atoms with E-state index in [2.05, 4.69) is 48.3 Å². The first-order valence-corrected chi connectivity index (χ1v) is 7.37. The fourth-order valence-electron chi connectivity index (χ4n) is 2.49. The third-order valence-corrected chi connectivity index (χ3v) is 3.84. The number of anilines is 2. The standard InChI is InChI=1S/C18H23FN2/c1-5-21(16-9-6-13(2)7-10-16)18-11-8-15(19)12-17(18)14(3)20-4/h6-12,14,20H,5H2,1-4H3. The van der Waals surface area contributed by atoms with Crippen LogP contribution in [0.25, 0.3) is 0 Å². The Bertz CT molecular complexity index is 593. The summed E-state index contributed by atoms with van der Waals surface area (Å²) in [6.45, 7) is 7.06. The van der Waals surface area contributed by atoms with Crippen molar-refractivity contribution in [2.45, 2.75) is 26.8 Å². The maximum Gasteiger partial charge on any atom is 0.123 e. The Kier molecular flexibility index (Phi) is 4.97. The second-order valence-corrected chi connectivity index (χ2v) is 5.29. The molecule has 0 radical (unpaired) electrons. The average Bonchev–Trinajstić information content (AvgIpc) is 2.50. The molecule has 2 aromatic rings. The molecule has 0 amide bonds. The van der Waals surface area contributed by atoms with Gasteiger partial charge in [-0.3, -0.25) is 0 Å². The van der Waals surface area contributed by atoms with Crippen LogP contribution in [0, 0.1) is 12.7 Å². The zero-order valence-corrected chi connectivity index (χ0v) is 13.2. The first-order valence-electron chi connectivity index (χ1n) is 7.37. The van der Waals surface area contributed by atoms with Crippen LogP contribution in [0.5, 0.6) is 0 Å². The highest BCUT2D eigenvalue weighted by Gasteiger charge is 2.16. The maximum atomic E-state index is 13.6. The molecule has 1 N–H and O–H groups in total. The van der Waals surface area contributed by atoms with Crippen LogP contribution >= 0.6 is 0 Å². The van der Waals surface area contributed by atoms with E-state index in [0.29, 0.717) is 0 Å². The number of hydrogen-bond acceptors (Lipinski definition) is 2. The van der Waals surface area contributed by atoms with Crippen molar-refractivity contribution in [1.82, 2.24) is 5.32 Å². The van der Waals surface area contributed by atoms with Gasteiger partial charge in [0, 0.05) is 24.0 Å². The SMILES string of the molecule is CCN(c1ccc(C)cc1)c1ccc(F)cc1C(C)NC. The maximum absolute atomic E-state index is 13.6. The van der Waals surface area contributed by atoms with Crippen LogP contribution in [-0.2, 0) is 0 Å². The van der Waals surface area contributed by atoms with Crippen molar-refractivity contribution in [2.24, 2.45) is 0 Å². The molecule has 2 rings (SSSR count). The van der Waals surface area contributed by atoms with Crippen molar-refractivity contribution in [3.63, 3.8) is 0 Å². The van der Waals surface area contributed by atoms with E-state index in [4.69, 9.17) is 0 Å². The molecule has 112 valence electrons. The van der Waals surface area contributed by atoms with E-state index in [1.807, 2.05) is 20.0 Å². The summed E-state index contributed by atoms with van der Waals surface area (Å²) >= 11 is 0. The molecular weight excluding hydrogens is 263 g/mol. The molecule has 0 saturated heterocycles. The summed E-state index contributed by atoms with van der Waals surface area (Å²) in [4.78, 5) is 2.21.